The van der Waals surface area contributed by atoms with Gasteiger partial charge in [0.05, 0.1) is 9.80 Å². The maximum absolute atomic E-state index is 10.9. The molecule has 0 aliphatic carbocycles. The van der Waals surface area contributed by atoms with E-state index in [1.54, 1.807) is 35.2 Å². The molecule has 1 aromatic carbocycles. The lowest BCUT2D eigenvalue weighted by atomic mass is 10.1. The fourth-order valence-electron chi connectivity index (χ4n) is 2.37. The summed E-state index contributed by atoms with van der Waals surface area (Å²) in [5.41, 5.74) is 1.01. The van der Waals surface area contributed by atoms with Gasteiger partial charge in [0.25, 0.3) is 5.69 Å². The monoisotopic (exact) mass is 360 g/mol. The van der Waals surface area contributed by atoms with Crippen molar-refractivity contribution in [1.29, 1.82) is 0 Å². The second-order valence-electron chi connectivity index (χ2n) is 5.14. The number of thiophene rings is 1. The normalized spacial score (nSPS) is 12.2. The highest BCUT2D eigenvalue weighted by atomic mass is 32.2. The van der Waals surface area contributed by atoms with Crippen molar-refractivity contribution in [1.82, 2.24) is 14.8 Å². The van der Waals surface area contributed by atoms with Crippen LogP contribution in [0.5, 0.6) is 0 Å². The lowest BCUT2D eigenvalue weighted by Crippen LogP contribution is -2.00. The molecule has 0 N–H and O–H groups in total. The Labute approximate surface area is 147 Å². The molecule has 1 atom stereocenters. The number of nitro groups is 1. The average Bonchev–Trinajstić information content (AvgIpc) is 3.23. The zero-order valence-corrected chi connectivity index (χ0v) is 14.9. The number of nitro benzene ring substituents is 1. The molecule has 0 radical (unpaired) electrons. The van der Waals surface area contributed by atoms with Crippen molar-refractivity contribution in [2.45, 2.75) is 30.8 Å². The topological polar surface area (TPSA) is 73.8 Å². The first-order chi connectivity index (χ1) is 11.6. The molecular formula is C16H16N4O2S2. The van der Waals surface area contributed by atoms with Crippen molar-refractivity contribution in [2.24, 2.45) is 0 Å². The molecule has 6 nitrogen and oxygen atoms in total. The van der Waals surface area contributed by atoms with Gasteiger partial charge in [0.15, 0.2) is 11.0 Å². The highest BCUT2D eigenvalue weighted by molar-refractivity contribution is 7.99. The third-order valence-electron chi connectivity index (χ3n) is 3.61. The summed E-state index contributed by atoms with van der Waals surface area (Å²) in [7, 11) is 0. The van der Waals surface area contributed by atoms with Crippen LogP contribution in [0.25, 0.3) is 10.7 Å². The number of hydrogen-bond donors (Lipinski definition) is 0. The van der Waals surface area contributed by atoms with Crippen LogP contribution < -0.4 is 0 Å². The van der Waals surface area contributed by atoms with Gasteiger partial charge in [-0.15, -0.1) is 21.5 Å². The molecule has 124 valence electrons. The van der Waals surface area contributed by atoms with Crippen molar-refractivity contribution in [3.8, 4) is 10.7 Å². The molecule has 3 rings (SSSR count). The lowest BCUT2D eigenvalue weighted by Gasteiger charge is -2.12. The van der Waals surface area contributed by atoms with Gasteiger partial charge >= 0.3 is 0 Å². The Hall–Kier alpha value is -2.19. The van der Waals surface area contributed by atoms with Crippen LogP contribution in [0.4, 0.5) is 5.69 Å². The van der Waals surface area contributed by atoms with Crippen molar-refractivity contribution in [3.05, 3.63) is 57.5 Å². The lowest BCUT2D eigenvalue weighted by molar-refractivity contribution is -0.384. The predicted octanol–water partition coefficient (Wildman–Crippen LogP) is 4.79. The second kappa shape index (κ2) is 7.14. The number of non-ortho nitro benzene ring substituents is 1. The molecule has 0 fully saturated rings. The Kier molecular flexibility index (Phi) is 4.96. The summed E-state index contributed by atoms with van der Waals surface area (Å²) in [5, 5.41) is 22.4. The largest absolute Gasteiger partial charge is 0.302 e. The molecule has 2 aromatic heterocycles. The van der Waals surface area contributed by atoms with Crippen molar-refractivity contribution < 1.29 is 4.92 Å². The van der Waals surface area contributed by atoms with Crippen LogP contribution in [-0.2, 0) is 6.54 Å². The van der Waals surface area contributed by atoms with Crippen LogP contribution in [0.3, 0.4) is 0 Å². The summed E-state index contributed by atoms with van der Waals surface area (Å²) in [6.45, 7) is 4.84. The first kappa shape index (κ1) is 16.7. The Balaban J connectivity index is 1.86. The molecule has 24 heavy (non-hydrogen) atoms. The number of hydrogen-bond acceptors (Lipinski definition) is 6. The first-order valence-electron chi connectivity index (χ1n) is 7.48. The molecule has 0 amide bonds. The van der Waals surface area contributed by atoms with Crippen molar-refractivity contribution in [3.63, 3.8) is 0 Å². The molecule has 0 bridgehead atoms. The van der Waals surface area contributed by atoms with Gasteiger partial charge < -0.3 is 4.57 Å². The first-order valence-corrected chi connectivity index (χ1v) is 9.24. The molecule has 0 unspecified atom stereocenters. The zero-order valence-electron chi connectivity index (χ0n) is 13.2. The predicted molar refractivity (Wildman–Crippen MR) is 96.4 cm³/mol. The molecule has 0 saturated heterocycles. The van der Waals surface area contributed by atoms with Gasteiger partial charge in [-0.2, -0.15) is 0 Å². The summed E-state index contributed by atoms with van der Waals surface area (Å²) in [6.07, 6.45) is 0. The minimum absolute atomic E-state index is 0.0376. The van der Waals surface area contributed by atoms with E-state index in [0.717, 1.165) is 28.0 Å². The number of benzene rings is 1. The highest BCUT2D eigenvalue weighted by Gasteiger charge is 2.18. The highest BCUT2D eigenvalue weighted by Crippen LogP contribution is 2.36. The molecule has 0 saturated carbocycles. The van der Waals surface area contributed by atoms with Gasteiger partial charge in [-0.3, -0.25) is 10.1 Å². The summed E-state index contributed by atoms with van der Waals surface area (Å²) in [5.74, 6) is 0.862. The van der Waals surface area contributed by atoms with E-state index in [-0.39, 0.29) is 15.9 Å². The van der Waals surface area contributed by atoms with Crippen LogP contribution in [0, 0.1) is 10.1 Å². The van der Waals surface area contributed by atoms with E-state index in [2.05, 4.69) is 21.7 Å². The van der Waals surface area contributed by atoms with Crippen LogP contribution in [0.2, 0.25) is 0 Å². The van der Waals surface area contributed by atoms with Gasteiger partial charge in [0.1, 0.15) is 0 Å². The molecule has 0 spiro atoms. The van der Waals surface area contributed by atoms with Gasteiger partial charge in [0.2, 0.25) is 0 Å². The Bertz CT molecular complexity index is 846. The van der Waals surface area contributed by atoms with Gasteiger partial charge in [-0.05, 0) is 30.9 Å². The van der Waals surface area contributed by atoms with E-state index >= 15 is 0 Å². The third-order valence-corrected chi connectivity index (χ3v) is 5.61. The minimum Gasteiger partial charge on any atom is -0.302 e. The maximum atomic E-state index is 10.9. The average molecular weight is 360 g/mol. The Morgan fingerprint density at radius 2 is 2.17 bits per heavy atom. The van der Waals surface area contributed by atoms with E-state index in [4.69, 9.17) is 0 Å². The van der Waals surface area contributed by atoms with Crippen LogP contribution in [0.1, 0.15) is 24.7 Å². The Morgan fingerprint density at radius 3 is 2.83 bits per heavy atom. The molecule has 2 heterocycles. The number of aromatic nitrogens is 3. The zero-order chi connectivity index (χ0) is 17.1. The SMILES string of the molecule is CCn1c(S[C@@H](C)c2cccc([N+](=O)[O-])c2)nnc1-c1cccs1. The van der Waals surface area contributed by atoms with Crippen LogP contribution in [-0.4, -0.2) is 19.7 Å². The molecule has 3 aromatic rings. The van der Waals surface area contributed by atoms with E-state index < -0.39 is 0 Å². The summed E-state index contributed by atoms with van der Waals surface area (Å²) in [4.78, 5) is 11.7. The summed E-state index contributed by atoms with van der Waals surface area (Å²) in [6, 6.07) is 10.8. The van der Waals surface area contributed by atoms with Crippen LogP contribution in [0.15, 0.2) is 46.9 Å². The molecule has 0 aliphatic heterocycles. The van der Waals surface area contributed by atoms with Gasteiger partial charge in [-0.1, -0.05) is 30.0 Å². The van der Waals surface area contributed by atoms with Crippen molar-refractivity contribution >= 4 is 28.8 Å². The Morgan fingerprint density at radius 1 is 1.33 bits per heavy atom. The smallest absolute Gasteiger partial charge is 0.269 e. The molecular weight excluding hydrogens is 344 g/mol. The van der Waals surface area contributed by atoms with E-state index in [1.165, 1.54) is 6.07 Å². The molecule has 8 heteroatoms. The van der Waals surface area contributed by atoms with Crippen molar-refractivity contribution in [2.75, 3.05) is 0 Å². The fourth-order valence-corrected chi connectivity index (χ4v) is 4.11. The molecule has 0 aliphatic rings. The maximum Gasteiger partial charge on any atom is 0.269 e. The van der Waals surface area contributed by atoms with E-state index in [0.29, 0.717) is 0 Å². The minimum atomic E-state index is -0.371. The number of rotatable bonds is 6. The quantitative estimate of drug-likeness (QED) is 0.359. The second-order valence-corrected chi connectivity index (χ2v) is 7.40. The summed E-state index contributed by atoms with van der Waals surface area (Å²) >= 11 is 3.19. The fraction of sp³-hybridized carbons (Fsp3) is 0.250. The van der Waals surface area contributed by atoms with E-state index in [1.807, 2.05) is 30.5 Å². The number of nitrogens with zero attached hydrogens (tertiary/aromatic N) is 4. The van der Waals surface area contributed by atoms with E-state index in [9.17, 15) is 10.1 Å². The third kappa shape index (κ3) is 3.34. The summed E-state index contributed by atoms with van der Waals surface area (Å²) < 4.78 is 2.07. The van der Waals surface area contributed by atoms with Crippen LogP contribution >= 0.6 is 23.1 Å². The van der Waals surface area contributed by atoms with Gasteiger partial charge in [-0.25, -0.2) is 0 Å². The standard InChI is InChI=1S/C16H16N4O2S2/c1-3-19-15(14-8-5-9-23-14)17-18-16(19)24-11(2)12-6-4-7-13(10-12)20(21)22/h4-11H,3H2,1-2H3/t11-/m0/s1. The number of thioether (sulfide) groups is 1. The van der Waals surface area contributed by atoms with Gasteiger partial charge in [0, 0.05) is 23.9 Å².